The lowest BCUT2D eigenvalue weighted by molar-refractivity contribution is 0.368. The van der Waals surface area contributed by atoms with Crippen molar-refractivity contribution in [1.29, 1.82) is 0 Å². The number of fused-ring (bicyclic) bond motifs is 1. The molecule has 2 aliphatic rings. The summed E-state index contributed by atoms with van der Waals surface area (Å²) in [5, 5.41) is 4.07. The first-order valence-corrected chi connectivity index (χ1v) is 6.53. The molecule has 4 nitrogen and oxygen atoms in total. The molecule has 2 fully saturated rings. The molecule has 4 rings (SSSR count). The van der Waals surface area contributed by atoms with Crippen LogP contribution in [0.15, 0.2) is 28.8 Å². The Morgan fingerprint density at radius 1 is 1.17 bits per heavy atom. The van der Waals surface area contributed by atoms with Gasteiger partial charge in [0.1, 0.15) is 0 Å². The van der Waals surface area contributed by atoms with Crippen LogP contribution in [0.4, 0.5) is 5.69 Å². The highest BCUT2D eigenvalue weighted by atomic mass is 16.5. The predicted molar refractivity (Wildman–Crippen MR) is 67.7 cm³/mol. The van der Waals surface area contributed by atoms with E-state index in [0.717, 1.165) is 23.3 Å². The van der Waals surface area contributed by atoms with E-state index in [4.69, 9.17) is 10.3 Å². The van der Waals surface area contributed by atoms with Crippen molar-refractivity contribution in [3.05, 3.63) is 30.2 Å². The maximum Gasteiger partial charge on any atom is 0.230 e. The van der Waals surface area contributed by atoms with Crippen molar-refractivity contribution in [1.82, 2.24) is 10.1 Å². The van der Waals surface area contributed by atoms with E-state index in [1.54, 1.807) is 0 Å². The number of rotatable bonds is 2. The molecular weight excluding hydrogens is 226 g/mol. The topological polar surface area (TPSA) is 64.9 Å². The maximum absolute atomic E-state index is 5.92. The summed E-state index contributed by atoms with van der Waals surface area (Å²) in [6, 6.07) is 7.63. The van der Waals surface area contributed by atoms with Gasteiger partial charge >= 0.3 is 0 Å². The summed E-state index contributed by atoms with van der Waals surface area (Å²) in [4.78, 5) is 4.53. The molecule has 0 aliphatic heterocycles. The maximum atomic E-state index is 5.92. The van der Waals surface area contributed by atoms with Gasteiger partial charge < -0.3 is 10.3 Å². The van der Waals surface area contributed by atoms with Gasteiger partial charge in [0.15, 0.2) is 0 Å². The molecule has 1 heterocycles. The average Bonchev–Trinajstić information content (AvgIpc) is 2.82. The SMILES string of the molecule is Nc1ccccc1-c1noc(C2C3CCCC32)n1. The summed E-state index contributed by atoms with van der Waals surface area (Å²) in [7, 11) is 0. The van der Waals surface area contributed by atoms with Crippen LogP contribution in [0, 0.1) is 11.8 Å². The summed E-state index contributed by atoms with van der Waals surface area (Å²) < 4.78 is 5.42. The number of nitrogen functional groups attached to an aromatic ring is 1. The summed E-state index contributed by atoms with van der Waals surface area (Å²) in [5.41, 5.74) is 7.48. The van der Waals surface area contributed by atoms with Crippen LogP contribution in [0.25, 0.3) is 11.4 Å². The molecule has 4 heteroatoms. The highest BCUT2D eigenvalue weighted by molar-refractivity contribution is 5.70. The lowest BCUT2D eigenvalue weighted by Crippen LogP contribution is -1.91. The summed E-state index contributed by atoms with van der Waals surface area (Å²) >= 11 is 0. The zero-order chi connectivity index (χ0) is 12.1. The Bertz CT molecular complexity index is 582. The quantitative estimate of drug-likeness (QED) is 0.821. The molecule has 0 radical (unpaired) electrons. The van der Waals surface area contributed by atoms with E-state index in [2.05, 4.69) is 10.1 Å². The number of hydrogen-bond acceptors (Lipinski definition) is 4. The molecule has 92 valence electrons. The molecule has 2 atom stereocenters. The number of aromatic nitrogens is 2. The molecule has 2 aliphatic carbocycles. The minimum atomic E-state index is 0.518. The fraction of sp³-hybridized carbons (Fsp3) is 0.429. The Hall–Kier alpha value is -1.84. The lowest BCUT2D eigenvalue weighted by Gasteiger charge is -1.98. The largest absolute Gasteiger partial charge is 0.398 e. The van der Waals surface area contributed by atoms with Crippen molar-refractivity contribution in [3.8, 4) is 11.4 Å². The van der Waals surface area contributed by atoms with Gasteiger partial charge in [0.05, 0.1) is 0 Å². The van der Waals surface area contributed by atoms with Crippen LogP contribution in [-0.4, -0.2) is 10.1 Å². The molecule has 1 aromatic carbocycles. The third-order valence-electron chi connectivity index (χ3n) is 4.34. The van der Waals surface area contributed by atoms with Crippen LogP contribution in [0.5, 0.6) is 0 Å². The first-order valence-electron chi connectivity index (χ1n) is 6.53. The third kappa shape index (κ3) is 1.38. The molecule has 0 saturated heterocycles. The Kier molecular flexibility index (Phi) is 2.01. The molecule has 0 spiro atoms. The highest BCUT2D eigenvalue weighted by Crippen LogP contribution is 2.62. The van der Waals surface area contributed by atoms with Crippen molar-refractivity contribution < 1.29 is 4.52 Å². The van der Waals surface area contributed by atoms with Crippen LogP contribution >= 0.6 is 0 Å². The van der Waals surface area contributed by atoms with Crippen LogP contribution in [-0.2, 0) is 0 Å². The second kappa shape index (κ2) is 3.57. The Balaban J connectivity index is 1.65. The minimum absolute atomic E-state index is 0.518. The molecule has 1 aromatic heterocycles. The van der Waals surface area contributed by atoms with E-state index in [-0.39, 0.29) is 0 Å². The van der Waals surface area contributed by atoms with Crippen molar-refractivity contribution in [2.45, 2.75) is 25.2 Å². The number of nitrogens with zero attached hydrogens (tertiary/aromatic N) is 2. The molecular formula is C14H15N3O. The second-order valence-electron chi connectivity index (χ2n) is 5.33. The van der Waals surface area contributed by atoms with Gasteiger partial charge in [0, 0.05) is 17.2 Å². The third-order valence-corrected chi connectivity index (χ3v) is 4.34. The van der Waals surface area contributed by atoms with Gasteiger partial charge in [-0.15, -0.1) is 0 Å². The highest BCUT2D eigenvalue weighted by Gasteiger charge is 2.56. The first-order chi connectivity index (χ1) is 8.84. The molecule has 2 unspecified atom stereocenters. The zero-order valence-corrected chi connectivity index (χ0v) is 10.0. The van der Waals surface area contributed by atoms with E-state index < -0.39 is 0 Å². The number of nitrogens with two attached hydrogens (primary N) is 1. The van der Waals surface area contributed by atoms with E-state index in [1.165, 1.54) is 19.3 Å². The number of hydrogen-bond donors (Lipinski definition) is 1. The zero-order valence-electron chi connectivity index (χ0n) is 10.0. The van der Waals surface area contributed by atoms with Crippen LogP contribution in [0.3, 0.4) is 0 Å². The number of benzene rings is 1. The van der Waals surface area contributed by atoms with Gasteiger partial charge in [0.2, 0.25) is 11.7 Å². The molecule has 18 heavy (non-hydrogen) atoms. The summed E-state index contributed by atoms with van der Waals surface area (Å²) in [5.74, 6) is 3.54. The van der Waals surface area contributed by atoms with Crippen LogP contribution in [0.1, 0.15) is 31.1 Å². The van der Waals surface area contributed by atoms with Crippen molar-refractivity contribution in [2.24, 2.45) is 11.8 Å². The van der Waals surface area contributed by atoms with Gasteiger partial charge in [-0.1, -0.05) is 23.7 Å². The van der Waals surface area contributed by atoms with Crippen molar-refractivity contribution in [2.75, 3.05) is 5.73 Å². The smallest absolute Gasteiger partial charge is 0.230 e. The number of para-hydroxylation sites is 1. The first kappa shape index (κ1) is 10.1. The average molecular weight is 241 g/mol. The molecule has 2 saturated carbocycles. The molecule has 2 N–H and O–H groups in total. The monoisotopic (exact) mass is 241 g/mol. The summed E-state index contributed by atoms with van der Waals surface area (Å²) in [6.45, 7) is 0. The Morgan fingerprint density at radius 2 is 1.94 bits per heavy atom. The standard InChI is InChI=1S/C14H15N3O/c15-11-7-2-1-4-10(11)13-16-14(18-17-13)12-8-5-3-6-9(8)12/h1-2,4,7-9,12H,3,5-6,15H2. The Labute approximate surface area is 105 Å². The van der Waals surface area contributed by atoms with Gasteiger partial charge in [-0.05, 0) is 36.8 Å². The molecule has 2 aromatic rings. The summed E-state index contributed by atoms with van der Waals surface area (Å²) in [6.07, 6.45) is 4.00. The molecule has 0 amide bonds. The fourth-order valence-electron chi connectivity index (χ4n) is 3.37. The van der Waals surface area contributed by atoms with Crippen molar-refractivity contribution >= 4 is 5.69 Å². The van der Waals surface area contributed by atoms with Crippen LogP contribution < -0.4 is 5.73 Å². The predicted octanol–water partition coefficient (Wildman–Crippen LogP) is 2.83. The van der Waals surface area contributed by atoms with Crippen molar-refractivity contribution in [3.63, 3.8) is 0 Å². The van der Waals surface area contributed by atoms with Crippen LogP contribution in [0.2, 0.25) is 0 Å². The second-order valence-corrected chi connectivity index (χ2v) is 5.33. The minimum Gasteiger partial charge on any atom is -0.398 e. The lowest BCUT2D eigenvalue weighted by atomic mass is 10.1. The van der Waals surface area contributed by atoms with Gasteiger partial charge in [-0.3, -0.25) is 0 Å². The van der Waals surface area contributed by atoms with E-state index in [0.29, 0.717) is 17.4 Å². The van der Waals surface area contributed by atoms with Gasteiger partial charge in [0.25, 0.3) is 0 Å². The van der Waals surface area contributed by atoms with E-state index in [1.807, 2.05) is 24.3 Å². The normalized spacial score (nSPS) is 29.2. The number of anilines is 1. The molecule has 0 bridgehead atoms. The fourth-order valence-corrected chi connectivity index (χ4v) is 3.37. The van der Waals surface area contributed by atoms with E-state index in [9.17, 15) is 0 Å². The van der Waals surface area contributed by atoms with Gasteiger partial charge in [-0.25, -0.2) is 0 Å². The van der Waals surface area contributed by atoms with E-state index >= 15 is 0 Å². The van der Waals surface area contributed by atoms with Gasteiger partial charge in [-0.2, -0.15) is 4.98 Å². The Morgan fingerprint density at radius 3 is 2.72 bits per heavy atom.